The lowest BCUT2D eigenvalue weighted by Gasteiger charge is -2.46. The minimum atomic E-state index is -0.514. The quantitative estimate of drug-likeness (QED) is 0.747. The Hall–Kier alpha value is -3.09. The molecule has 0 saturated heterocycles. The number of H-pyrrole nitrogens is 1. The highest BCUT2D eigenvalue weighted by Crippen LogP contribution is 2.34. The summed E-state index contributed by atoms with van der Waals surface area (Å²) >= 11 is 0. The lowest BCUT2D eigenvalue weighted by molar-refractivity contribution is 0.0896. The first kappa shape index (κ1) is 17.3. The van der Waals surface area contributed by atoms with Crippen molar-refractivity contribution in [2.24, 2.45) is 5.92 Å². The van der Waals surface area contributed by atoms with Crippen molar-refractivity contribution in [1.82, 2.24) is 19.9 Å². The van der Waals surface area contributed by atoms with E-state index >= 15 is 0 Å². The van der Waals surface area contributed by atoms with Gasteiger partial charge in [0.25, 0.3) is 5.91 Å². The standard InChI is InChI=1S/C20H23N5O2/c1-12(2)11-24-16-10-13(7-8-14(16)18(26)23-20(24,3)4)25-15-6-5-9-21-17(15)22-19(25)27/h5-10,12H,11H2,1-4H3,(H,23,26)(H,21,22,27). The number of pyridine rings is 1. The first-order valence-electron chi connectivity index (χ1n) is 9.08. The molecule has 1 aliphatic heterocycles. The fraction of sp³-hybridized carbons (Fsp3) is 0.350. The van der Waals surface area contributed by atoms with Gasteiger partial charge < -0.3 is 10.2 Å². The largest absolute Gasteiger partial charge is 0.348 e. The third-order valence-electron chi connectivity index (χ3n) is 4.87. The number of fused-ring (bicyclic) bond motifs is 2. The number of aromatic amines is 1. The van der Waals surface area contributed by atoms with Gasteiger partial charge in [0.15, 0.2) is 5.65 Å². The molecule has 3 aromatic rings. The molecule has 3 heterocycles. The number of benzene rings is 1. The number of amides is 1. The van der Waals surface area contributed by atoms with Crippen LogP contribution in [0.1, 0.15) is 38.1 Å². The zero-order chi connectivity index (χ0) is 19.3. The van der Waals surface area contributed by atoms with Gasteiger partial charge in [0, 0.05) is 12.7 Å². The highest BCUT2D eigenvalue weighted by atomic mass is 16.2. The molecule has 1 aromatic carbocycles. The Morgan fingerprint density at radius 3 is 2.70 bits per heavy atom. The number of aromatic nitrogens is 3. The predicted molar refractivity (Wildman–Crippen MR) is 105 cm³/mol. The van der Waals surface area contributed by atoms with Crippen LogP contribution in [0.5, 0.6) is 0 Å². The molecule has 1 aliphatic rings. The number of hydrogen-bond donors (Lipinski definition) is 2. The molecule has 0 radical (unpaired) electrons. The SMILES string of the molecule is CC(C)CN1c2cc(-n3c(=O)[nH]c4ncccc43)ccc2C(=O)NC1(C)C. The molecule has 0 fully saturated rings. The summed E-state index contributed by atoms with van der Waals surface area (Å²) in [5.74, 6) is 0.310. The van der Waals surface area contributed by atoms with E-state index in [1.54, 1.807) is 29.0 Å². The van der Waals surface area contributed by atoms with Gasteiger partial charge in [0.2, 0.25) is 0 Å². The van der Waals surface area contributed by atoms with Crippen molar-refractivity contribution in [3.63, 3.8) is 0 Å². The highest BCUT2D eigenvalue weighted by Gasteiger charge is 2.37. The molecule has 27 heavy (non-hydrogen) atoms. The van der Waals surface area contributed by atoms with Crippen LogP contribution in [-0.2, 0) is 0 Å². The fourth-order valence-corrected chi connectivity index (χ4v) is 3.68. The van der Waals surface area contributed by atoms with Crippen LogP contribution < -0.4 is 15.9 Å². The van der Waals surface area contributed by atoms with Crippen molar-refractivity contribution in [3.05, 3.63) is 52.6 Å². The summed E-state index contributed by atoms with van der Waals surface area (Å²) in [6.07, 6.45) is 1.65. The van der Waals surface area contributed by atoms with Crippen LogP contribution in [-0.4, -0.2) is 32.6 Å². The Kier molecular flexibility index (Phi) is 3.83. The average molecular weight is 365 g/mol. The minimum Gasteiger partial charge on any atom is -0.348 e. The van der Waals surface area contributed by atoms with Gasteiger partial charge in [-0.3, -0.25) is 14.3 Å². The van der Waals surface area contributed by atoms with E-state index < -0.39 is 5.66 Å². The van der Waals surface area contributed by atoms with E-state index in [0.717, 1.165) is 12.2 Å². The Bertz CT molecular complexity index is 1090. The third kappa shape index (κ3) is 2.79. The molecular weight excluding hydrogens is 342 g/mol. The summed E-state index contributed by atoms with van der Waals surface area (Å²) < 4.78 is 1.59. The second-order valence-electron chi connectivity index (χ2n) is 7.86. The van der Waals surface area contributed by atoms with Crippen LogP contribution >= 0.6 is 0 Å². The predicted octanol–water partition coefficient (Wildman–Crippen LogP) is 2.66. The Labute approximate surface area is 157 Å². The second kappa shape index (κ2) is 5.97. The molecule has 4 rings (SSSR count). The molecule has 1 amide bonds. The van der Waals surface area contributed by atoms with Crippen LogP contribution in [0.4, 0.5) is 5.69 Å². The fourth-order valence-electron chi connectivity index (χ4n) is 3.68. The van der Waals surface area contributed by atoms with Gasteiger partial charge in [0.05, 0.1) is 22.5 Å². The number of carbonyl (C=O) groups excluding carboxylic acids is 1. The van der Waals surface area contributed by atoms with Gasteiger partial charge in [0.1, 0.15) is 5.66 Å². The zero-order valence-electron chi connectivity index (χ0n) is 15.9. The number of rotatable bonds is 3. The van der Waals surface area contributed by atoms with Gasteiger partial charge in [-0.2, -0.15) is 0 Å². The van der Waals surface area contributed by atoms with Crippen LogP contribution in [0.15, 0.2) is 41.3 Å². The van der Waals surface area contributed by atoms with Gasteiger partial charge in [-0.15, -0.1) is 0 Å². The molecule has 7 nitrogen and oxygen atoms in total. The number of imidazole rings is 1. The van der Waals surface area contributed by atoms with Crippen molar-refractivity contribution in [2.75, 3.05) is 11.4 Å². The van der Waals surface area contributed by atoms with Gasteiger partial charge in [-0.1, -0.05) is 13.8 Å². The summed E-state index contributed by atoms with van der Waals surface area (Å²) in [5.41, 5.74) is 2.63. The number of carbonyl (C=O) groups is 1. The van der Waals surface area contributed by atoms with Crippen LogP contribution in [0, 0.1) is 5.92 Å². The van der Waals surface area contributed by atoms with E-state index in [1.165, 1.54) is 0 Å². The van der Waals surface area contributed by atoms with E-state index in [2.05, 4.69) is 34.0 Å². The van der Waals surface area contributed by atoms with Crippen LogP contribution in [0.2, 0.25) is 0 Å². The van der Waals surface area contributed by atoms with E-state index in [1.807, 2.05) is 26.0 Å². The summed E-state index contributed by atoms with van der Waals surface area (Å²) in [7, 11) is 0. The summed E-state index contributed by atoms with van der Waals surface area (Å²) in [5, 5.41) is 3.06. The zero-order valence-corrected chi connectivity index (χ0v) is 15.9. The molecule has 0 atom stereocenters. The molecule has 0 aliphatic carbocycles. The van der Waals surface area contributed by atoms with Crippen molar-refractivity contribution in [2.45, 2.75) is 33.4 Å². The third-order valence-corrected chi connectivity index (χ3v) is 4.87. The van der Waals surface area contributed by atoms with Crippen LogP contribution in [0.25, 0.3) is 16.9 Å². The van der Waals surface area contributed by atoms with Crippen molar-refractivity contribution >= 4 is 22.8 Å². The number of nitrogens with one attached hydrogen (secondary N) is 2. The topological polar surface area (TPSA) is 83.0 Å². The van der Waals surface area contributed by atoms with Crippen molar-refractivity contribution in [3.8, 4) is 5.69 Å². The normalized spacial score (nSPS) is 15.9. The Morgan fingerprint density at radius 2 is 1.96 bits per heavy atom. The van der Waals surface area contributed by atoms with Crippen molar-refractivity contribution in [1.29, 1.82) is 0 Å². The monoisotopic (exact) mass is 365 g/mol. The smallest absolute Gasteiger partial charge is 0.332 e. The maximum Gasteiger partial charge on any atom is 0.332 e. The van der Waals surface area contributed by atoms with Gasteiger partial charge in [-0.25, -0.2) is 9.78 Å². The maximum atomic E-state index is 12.6. The molecule has 0 bridgehead atoms. The molecule has 0 saturated carbocycles. The number of anilines is 1. The molecule has 0 spiro atoms. The maximum absolute atomic E-state index is 12.6. The molecule has 0 unspecified atom stereocenters. The number of hydrogen-bond acceptors (Lipinski definition) is 4. The Balaban J connectivity index is 1.93. The van der Waals surface area contributed by atoms with Crippen LogP contribution in [0.3, 0.4) is 0 Å². The molecule has 7 heteroatoms. The van der Waals surface area contributed by atoms with E-state index in [9.17, 15) is 9.59 Å². The summed E-state index contributed by atoms with van der Waals surface area (Å²) in [6.45, 7) is 9.06. The molecular formula is C20H23N5O2. The van der Waals surface area contributed by atoms with E-state index in [0.29, 0.717) is 28.3 Å². The highest BCUT2D eigenvalue weighted by molar-refractivity contribution is 6.03. The average Bonchev–Trinajstić information content (AvgIpc) is 2.93. The summed E-state index contributed by atoms with van der Waals surface area (Å²) in [6, 6.07) is 9.14. The molecule has 2 aromatic heterocycles. The first-order chi connectivity index (χ1) is 12.8. The minimum absolute atomic E-state index is 0.102. The van der Waals surface area contributed by atoms with Crippen molar-refractivity contribution < 1.29 is 4.79 Å². The van der Waals surface area contributed by atoms with E-state index in [4.69, 9.17) is 0 Å². The summed E-state index contributed by atoms with van der Waals surface area (Å²) in [4.78, 5) is 34.3. The number of nitrogens with zero attached hydrogens (tertiary/aromatic N) is 3. The Morgan fingerprint density at radius 1 is 1.19 bits per heavy atom. The van der Waals surface area contributed by atoms with Gasteiger partial charge >= 0.3 is 5.69 Å². The lowest BCUT2D eigenvalue weighted by atomic mass is 9.99. The first-order valence-corrected chi connectivity index (χ1v) is 9.08. The second-order valence-corrected chi connectivity index (χ2v) is 7.86. The molecule has 2 N–H and O–H groups in total. The van der Waals surface area contributed by atoms with E-state index in [-0.39, 0.29) is 11.6 Å². The lowest BCUT2D eigenvalue weighted by Crippen LogP contribution is -2.61. The van der Waals surface area contributed by atoms with Gasteiger partial charge in [-0.05, 0) is 50.1 Å². The molecule has 140 valence electrons.